The Morgan fingerprint density at radius 2 is 1.73 bits per heavy atom. The minimum atomic E-state index is -2.86. The van der Waals surface area contributed by atoms with Crippen LogP contribution in [-0.2, 0) is 4.79 Å². The highest BCUT2D eigenvalue weighted by atomic mass is 19.3. The molecule has 7 nitrogen and oxygen atoms in total. The highest BCUT2D eigenvalue weighted by Gasteiger charge is 2.30. The van der Waals surface area contributed by atoms with Crippen molar-refractivity contribution in [1.82, 2.24) is 15.3 Å². The summed E-state index contributed by atoms with van der Waals surface area (Å²) in [5, 5.41) is 3.14. The molecule has 160 valence electrons. The molecule has 0 aliphatic carbocycles. The van der Waals surface area contributed by atoms with E-state index in [9.17, 15) is 13.6 Å². The number of benzene rings is 1. The lowest BCUT2D eigenvalue weighted by Gasteiger charge is -2.31. The van der Waals surface area contributed by atoms with Crippen molar-refractivity contribution in [3.63, 3.8) is 0 Å². The van der Waals surface area contributed by atoms with Crippen LogP contribution >= 0.6 is 0 Å². The number of nitrogens with one attached hydrogen (secondary N) is 1. The summed E-state index contributed by atoms with van der Waals surface area (Å²) >= 11 is 0. The minimum Gasteiger partial charge on any atom is -0.433 e. The molecule has 2 aliphatic rings. The molecule has 1 aromatic heterocycles. The largest absolute Gasteiger partial charge is 0.433 e. The van der Waals surface area contributed by atoms with Crippen LogP contribution in [0.4, 0.5) is 20.4 Å². The molecule has 1 N–H and O–H groups in total. The first kappa shape index (κ1) is 20.3. The maximum atomic E-state index is 12.7. The molecule has 0 bridgehead atoms. The zero-order valence-corrected chi connectivity index (χ0v) is 16.6. The monoisotopic (exact) mass is 417 g/mol. The zero-order chi connectivity index (χ0) is 20.9. The number of alkyl halides is 2. The molecule has 9 heteroatoms. The van der Waals surface area contributed by atoms with E-state index in [2.05, 4.69) is 24.9 Å². The molecule has 2 aromatic rings. The summed E-state index contributed by atoms with van der Waals surface area (Å²) < 4.78 is 30.0. The van der Waals surface area contributed by atoms with Gasteiger partial charge in [0.05, 0.1) is 5.69 Å². The molecule has 1 aromatic carbocycles. The topological polar surface area (TPSA) is 70.6 Å². The molecule has 2 fully saturated rings. The Kier molecular flexibility index (Phi) is 6.25. The van der Waals surface area contributed by atoms with E-state index in [1.165, 1.54) is 6.07 Å². The van der Waals surface area contributed by atoms with Gasteiger partial charge in [0.25, 0.3) is 0 Å². The second-order valence-electron chi connectivity index (χ2n) is 7.60. The Morgan fingerprint density at radius 3 is 2.47 bits per heavy atom. The molecule has 0 radical (unpaired) electrons. The van der Waals surface area contributed by atoms with E-state index in [-0.39, 0.29) is 23.6 Å². The van der Waals surface area contributed by atoms with Gasteiger partial charge < -0.3 is 19.9 Å². The third kappa shape index (κ3) is 4.77. The summed E-state index contributed by atoms with van der Waals surface area (Å²) in [6, 6.07) is 8.55. The maximum absolute atomic E-state index is 12.7. The summed E-state index contributed by atoms with van der Waals surface area (Å²) in [5.74, 6) is 0.892. The van der Waals surface area contributed by atoms with Gasteiger partial charge in [0, 0.05) is 50.5 Å². The Balaban J connectivity index is 1.29. The first-order valence-corrected chi connectivity index (χ1v) is 10.2. The number of piperidine rings is 1. The number of amides is 1. The third-order valence-corrected chi connectivity index (χ3v) is 5.66. The average molecular weight is 417 g/mol. The highest BCUT2D eigenvalue weighted by molar-refractivity contribution is 5.79. The predicted molar refractivity (Wildman–Crippen MR) is 109 cm³/mol. The fourth-order valence-corrected chi connectivity index (χ4v) is 4.13. The number of aromatic nitrogens is 2. The average Bonchev–Trinajstić information content (AvgIpc) is 3.22. The fraction of sp³-hybridized carbons (Fsp3) is 0.476. The number of anilines is 2. The van der Waals surface area contributed by atoms with Gasteiger partial charge in [-0.05, 0) is 37.5 Å². The summed E-state index contributed by atoms with van der Waals surface area (Å²) in [6.07, 6.45) is 5.72. The van der Waals surface area contributed by atoms with Gasteiger partial charge in [0.2, 0.25) is 11.9 Å². The number of hydrogen-bond donors (Lipinski definition) is 1. The highest BCUT2D eigenvalue weighted by Crippen LogP contribution is 2.32. The molecule has 0 saturated carbocycles. The van der Waals surface area contributed by atoms with Crippen LogP contribution in [0, 0.1) is 5.92 Å². The van der Waals surface area contributed by atoms with E-state index >= 15 is 0 Å². The molecule has 30 heavy (non-hydrogen) atoms. The van der Waals surface area contributed by atoms with Crippen LogP contribution in [-0.4, -0.2) is 54.7 Å². The Bertz CT molecular complexity index is 846. The van der Waals surface area contributed by atoms with E-state index in [0.29, 0.717) is 24.7 Å². The number of para-hydroxylation sites is 2. The van der Waals surface area contributed by atoms with Crippen LogP contribution in [0.2, 0.25) is 0 Å². The first-order valence-electron chi connectivity index (χ1n) is 10.2. The van der Waals surface area contributed by atoms with Crippen LogP contribution < -0.4 is 19.9 Å². The van der Waals surface area contributed by atoms with Crippen molar-refractivity contribution in [2.45, 2.75) is 31.9 Å². The van der Waals surface area contributed by atoms with Gasteiger partial charge in [-0.15, -0.1) is 0 Å². The van der Waals surface area contributed by atoms with Gasteiger partial charge in [0.15, 0.2) is 0 Å². The summed E-state index contributed by atoms with van der Waals surface area (Å²) in [5.41, 5.74) is 0.630. The van der Waals surface area contributed by atoms with Crippen molar-refractivity contribution in [1.29, 1.82) is 0 Å². The van der Waals surface area contributed by atoms with E-state index in [1.807, 2.05) is 4.90 Å². The lowest BCUT2D eigenvalue weighted by molar-refractivity contribution is -0.126. The SMILES string of the molecule is O=C(NC1CCN(c2ccccc2OC(F)F)C1)C1CCN(c2ncccn2)CC1. The van der Waals surface area contributed by atoms with Gasteiger partial charge >= 0.3 is 6.61 Å². The van der Waals surface area contributed by atoms with Crippen molar-refractivity contribution in [3.8, 4) is 5.75 Å². The standard InChI is InChI=1S/C21H25F2N5O2/c22-20(23)30-18-5-2-1-4-17(18)28-13-8-16(14-28)26-19(29)15-6-11-27(12-7-15)21-24-9-3-10-25-21/h1-5,9-10,15-16,20H,6-8,11-14H2,(H,26,29). The minimum absolute atomic E-state index is 0.00686. The normalized spacial score (nSPS) is 19.9. The number of carbonyl (C=O) groups is 1. The lowest BCUT2D eigenvalue weighted by Crippen LogP contribution is -2.45. The van der Waals surface area contributed by atoms with Crippen LogP contribution in [0.3, 0.4) is 0 Å². The molecular formula is C21H25F2N5O2. The Hall–Kier alpha value is -2.97. The van der Waals surface area contributed by atoms with E-state index < -0.39 is 6.61 Å². The van der Waals surface area contributed by atoms with Crippen LogP contribution in [0.1, 0.15) is 19.3 Å². The van der Waals surface area contributed by atoms with Crippen LogP contribution in [0.15, 0.2) is 42.7 Å². The number of ether oxygens (including phenoxy) is 1. The maximum Gasteiger partial charge on any atom is 0.387 e. The van der Waals surface area contributed by atoms with Crippen molar-refractivity contribution >= 4 is 17.5 Å². The first-order chi connectivity index (χ1) is 14.6. The summed E-state index contributed by atoms with van der Waals surface area (Å²) in [7, 11) is 0. The van der Waals surface area contributed by atoms with Crippen LogP contribution in [0.5, 0.6) is 5.75 Å². The number of carbonyl (C=O) groups excluding carboxylic acids is 1. The molecule has 0 spiro atoms. The molecule has 2 aliphatic heterocycles. The summed E-state index contributed by atoms with van der Waals surface area (Å²) in [6.45, 7) is -0.116. The number of rotatable bonds is 6. The molecular weight excluding hydrogens is 392 g/mol. The molecule has 1 atom stereocenters. The second kappa shape index (κ2) is 9.23. The quantitative estimate of drug-likeness (QED) is 0.779. The van der Waals surface area contributed by atoms with Crippen molar-refractivity contribution in [2.24, 2.45) is 5.92 Å². The van der Waals surface area contributed by atoms with Crippen LogP contribution in [0.25, 0.3) is 0 Å². The smallest absolute Gasteiger partial charge is 0.387 e. The van der Waals surface area contributed by atoms with Crippen molar-refractivity contribution < 1.29 is 18.3 Å². The zero-order valence-electron chi connectivity index (χ0n) is 16.6. The second-order valence-corrected chi connectivity index (χ2v) is 7.60. The van der Waals surface area contributed by atoms with E-state index in [4.69, 9.17) is 0 Å². The van der Waals surface area contributed by atoms with E-state index in [1.54, 1.807) is 36.7 Å². The molecule has 1 amide bonds. The number of nitrogens with zero attached hydrogens (tertiary/aromatic N) is 4. The van der Waals surface area contributed by atoms with Crippen molar-refractivity contribution in [3.05, 3.63) is 42.7 Å². The fourth-order valence-electron chi connectivity index (χ4n) is 4.13. The Labute approximate surface area is 174 Å². The molecule has 1 unspecified atom stereocenters. The summed E-state index contributed by atoms with van der Waals surface area (Å²) in [4.78, 5) is 25.4. The molecule has 4 rings (SSSR count). The van der Waals surface area contributed by atoms with Gasteiger partial charge in [-0.3, -0.25) is 4.79 Å². The number of hydrogen-bond acceptors (Lipinski definition) is 6. The lowest BCUT2D eigenvalue weighted by atomic mass is 9.95. The number of halogens is 2. The van der Waals surface area contributed by atoms with Crippen molar-refractivity contribution in [2.75, 3.05) is 36.0 Å². The van der Waals surface area contributed by atoms with E-state index in [0.717, 1.165) is 32.4 Å². The van der Waals surface area contributed by atoms with Gasteiger partial charge in [-0.1, -0.05) is 12.1 Å². The predicted octanol–water partition coefficient (Wildman–Crippen LogP) is 2.69. The molecule has 2 saturated heterocycles. The third-order valence-electron chi connectivity index (χ3n) is 5.66. The van der Waals surface area contributed by atoms with Gasteiger partial charge in [0.1, 0.15) is 5.75 Å². The Morgan fingerprint density at radius 1 is 1.03 bits per heavy atom. The van der Waals surface area contributed by atoms with Gasteiger partial charge in [-0.2, -0.15) is 8.78 Å². The van der Waals surface area contributed by atoms with Gasteiger partial charge in [-0.25, -0.2) is 9.97 Å². The molecule has 3 heterocycles.